The molecule has 2 aliphatic carbocycles. The zero-order chi connectivity index (χ0) is 11.4. The van der Waals surface area contributed by atoms with E-state index in [-0.39, 0.29) is 0 Å². The van der Waals surface area contributed by atoms with Gasteiger partial charge in [-0.3, -0.25) is 4.90 Å². The molecular formula is C14H26N2. The fraction of sp³-hybridized carbons (Fsp3) is 1.00. The molecule has 16 heavy (non-hydrogen) atoms. The van der Waals surface area contributed by atoms with Crippen LogP contribution in [0.2, 0.25) is 0 Å². The van der Waals surface area contributed by atoms with E-state index >= 15 is 0 Å². The molecule has 3 aliphatic rings. The third kappa shape index (κ3) is 1.26. The lowest BCUT2D eigenvalue weighted by Crippen LogP contribution is -2.54. The van der Waals surface area contributed by atoms with E-state index in [0.29, 0.717) is 10.8 Å². The van der Waals surface area contributed by atoms with E-state index < -0.39 is 0 Å². The van der Waals surface area contributed by atoms with Crippen molar-refractivity contribution in [1.29, 1.82) is 0 Å². The minimum absolute atomic E-state index is 0.572. The molecule has 0 radical (unpaired) electrons. The summed E-state index contributed by atoms with van der Waals surface area (Å²) in [7, 11) is 0. The molecular weight excluding hydrogens is 196 g/mol. The van der Waals surface area contributed by atoms with Gasteiger partial charge in [0.2, 0.25) is 0 Å². The monoisotopic (exact) mass is 222 g/mol. The number of hydrogen-bond acceptors (Lipinski definition) is 2. The number of piperazine rings is 1. The van der Waals surface area contributed by atoms with E-state index in [1.165, 1.54) is 45.4 Å². The van der Waals surface area contributed by atoms with Crippen LogP contribution < -0.4 is 5.32 Å². The number of nitrogens with one attached hydrogen (secondary N) is 1. The van der Waals surface area contributed by atoms with Crippen LogP contribution in [0.15, 0.2) is 0 Å². The van der Waals surface area contributed by atoms with Gasteiger partial charge in [0.25, 0.3) is 0 Å². The zero-order valence-corrected chi connectivity index (χ0v) is 11.1. The van der Waals surface area contributed by atoms with Crippen LogP contribution in [0.25, 0.3) is 0 Å². The first kappa shape index (κ1) is 11.0. The maximum atomic E-state index is 3.47. The average Bonchev–Trinajstić information content (AvgIpc) is 2.62. The van der Waals surface area contributed by atoms with Crippen molar-refractivity contribution in [2.24, 2.45) is 16.7 Å². The molecule has 1 aliphatic heterocycles. The van der Waals surface area contributed by atoms with Crippen molar-refractivity contribution in [3.8, 4) is 0 Å². The van der Waals surface area contributed by atoms with Crippen molar-refractivity contribution < 1.29 is 0 Å². The predicted octanol–water partition coefficient (Wildman–Crippen LogP) is 2.11. The molecule has 0 amide bonds. The van der Waals surface area contributed by atoms with Crippen molar-refractivity contribution in [3.63, 3.8) is 0 Å². The van der Waals surface area contributed by atoms with Crippen molar-refractivity contribution in [1.82, 2.24) is 10.2 Å². The smallest absolute Gasteiger partial charge is 0.0158 e. The van der Waals surface area contributed by atoms with Crippen LogP contribution in [0.4, 0.5) is 0 Å². The largest absolute Gasteiger partial charge is 0.314 e. The lowest BCUT2D eigenvalue weighted by molar-refractivity contribution is 0.0363. The fourth-order valence-electron chi connectivity index (χ4n) is 4.71. The van der Waals surface area contributed by atoms with Crippen LogP contribution in [0.5, 0.6) is 0 Å². The Labute approximate surface area is 99.8 Å². The van der Waals surface area contributed by atoms with Crippen molar-refractivity contribution >= 4 is 0 Å². The van der Waals surface area contributed by atoms with Gasteiger partial charge in [0.1, 0.15) is 0 Å². The molecule has 0 aromatic carbocycles. The molecule has 3 rings (SSSR count). The van der Waals surface area contributed by atoms with Gasteiger partial charge in [-0.05, 0) is 36.0 Å². The van der Waals surface area contributed by atoms with Crippen LogP contribution in [0.1, 0.15) is 40.0 Å². The molecule has 3 fully saturated rings. The maximum absolute atomic E-state index is 3.47. The third-order valence-electron chi connectivity index (χ3n) is 6.34. The third-order valence-corrected chi connectivity index (χ3v) is 6.34. The maximum Gasteiger partial charge on any atom is 0.0158 e. The molecule has 0 aromatic heterocycles. The normalized spacial score (nSPS) is 47.4. The van der Waals surface area contributed by atoms with Crippen molar-refractivity contribution in [3.05, 3.63) is 0 Å². The molecule has 1 saturated heterocycles. The molecule has 2 heteroatoms. The number of rotatable bonds is 1. The molecule has 0 spiro atoms. The van der Waals surface area contributed by atoms with Crippen molar-refractivity contribution in [2.75, 3.05) is 26.2 Å². The number of fused-ring (bicyclic) bond motifs is 2. The van der Waals surface area contributed by atoms with Crippen LogP contribution in [-0.4, -0.2) is 37.1 Å². The summed E-state index contributed by atoms with van der Waals surface area (Å²) in [6.07, 6.45) is 4.40. The molecule has 92 valence electrons. The summed E-state index contributed by atoms with van der Waals surface area (Å²) >= 11 is 0. The van der Waals surface area contributed by atoms with Crippen molar-refractivity contribution in [2.45, 2.75) is 46.1 Å². The van der Waals surface area contributed by atoms with Gasteiger partial charge >= 0.3 is 0 Å². The Balaban J connectivity index is 1.83. The second-order valence-corrected chi connectivity index (χ2v) is 6.91. The molecule has 0 unspecified atom stereocenters. The zero-order valence-electron chi connectivity index (χ0n) is 11.1. The van der Waals surface area contributed by atoms with Gasteiger partial charge < -0.3 is 5.32 Å². The Morgan fingerprint density at radius 1 is 1.12 bits per heavy atom. The lowest BCUT2D eigenvalue weighted by atomic mass is 9.68. The molecule has 2 saturated carbocycles. The summed E-state index contributed by atoms with van der Waals surface area (Å²) in [5.41, 5.74) is 1.15. The van der Waals surface area contributed by atoms with E-state index in [2.05, 4.69) is 31.0 Å². The molecule has 3 atom stereocenters. The second-order valence-electron chi connectivity index (χ2n) is 6.91. The minimum Gasteiger partial charge on any atom is -0.314 e. The summed E-state index contributed by atoms with van der Waals surface area (Å²) in [6, 6.07) is 0.864. The van der Waals surface area contributed by atoms with Crippen LogP contribution in [-0.2, 0) is 0 Å². The van der Waals surface area contributed by atoms with E-state index in [1.807, 2.05) is 0 Å². The fourth-order valence-corrected chi connectivity index (χ4v) is 4.71. The highest BCUT2D eigenvalue weighted by Crippen LogP contribution is 2.66. The first-order valence-corrected chi connectivity index (χ1v) is 7.00. The molecule has 2 nitrogen and oxygen atoms in total. The Morgan fingerprint density at radius 2 is 1.81 bits per heavy atom. The van der Waals surface area contributed by atoms with Gasteiger partial charge in [-0.25, -0.2) is 0 Å². The summed E-state index contributed by atoms with van der Waals surface area (Å²) in [6.45, 7) is 12.5. The molecule has 0 aromatic rings. The quantitative estimate of drug-likeness (QED) is 0.731. The van der Waals surface area contributed by atoms with Gasteiger partial charge in [0.05, 0.1) is 0 Å². The van der Waals surface area contributed by atoms with Gasteiger partial charge in [-0.15, -0.1) is 0 Å². The summed E-state index contributed by atoms with van der Waals surface area (Å²) < 4.78 is 0. The summed E-state index contributed by atoms with van der Waals surface area (Å²) in [5.74, 6) is 0.984. The topological polar surface area (TPSA) is 15.3 Å². The highest BCUT2D eigenvalue weighted by molar-refractivity contribution is 5.13. The number of nitrogens with zero attached hydrogens (tertiary/aromatic N) is 1. The van der Waals surface area contributed by atoms with E-state index in [1.54, 1.807) is 0 Å². The first-order valence-electron chi connectivity index (χ1n) is 7.00. The van der Waals surface area contributed by atoms with E-state index in [4.69, 9.17) is 0 Å². The Hall–Kier alpha value is -0.0800. The SMILES string of the molecule is CC1(C)[C@H]2CC[C@]1(C)[C@H](N1CCNCC1)C2. The molecule has 1 heterocycles. The summed E-state index contributed by atoms with van der Waals surface area (Å²) in [4.78, 5) is 2.78. The van der Waals surface area contributed by atoms with Gasteiger partial charge in [-0.1, -0.05) is 20.8 Å². The predicted molar refractivity (Wildman–Crippen MR) is 67.5 cm³/mol. The second kappa shape index (κ2) is 3.46. The van der Waals surface area contributed by atoms with Crippen LogP contribution >= 0.6 is 0 Å². The van der Waals surface area contributed by atoms with Gasteiger partial charge in [-0.2, -0.15) is 0 Å². The Bertz CT molecular complexity index is 280. The van der Waals surface area contributed by atoms with Crippen LogP contribution in [0, 0.1) is 16.7 Å². The minimum atomic E-state index is 0.572. The number of hydrogen-bond donors (Lipinski definition) is 1. The average molecular weight is 222 g/mol. The highest BCUT2D eigenvalue weighted by atomic mass is 15.2. The Kier molecular flexibility index (Phi) is 2.38. The van der Waals surface area contributed by atoms with E-state index in [0.717, 1.165) is 12.0 Å². The standard InChI is InChI=1S/C14H26N2/c1-13(2)11-4-5-14(13,3)12(10-11)16-8-6-15-7-9-16/h11-12,15H,4-10H2,1-3H3/t11-,12+,14+/m0/s1. The molecule has 1 N–H and O–H groups in total. The first-order chi connectivity index (χ1) is 7.56. The highest BCUT2D eigenvalue weighted by Gasteiger charge is 2.62. The van der Waals surface area contributed by atoms with Crippen LogP contribution in [0.3, 0.4) is 0 Å². The van der Waals surface area contributed by atoms with Gasteiger partial charge in [0, 0.05) is 32.2 Å². The van der Waals surface area contributed by atoms with E-state index in [9.17, 15) is 0 Å². The Morgan fingerprint density at radius 3 is 2.31 bits per heavy atom. The van der Waals surface area contributed by atoms with Gasteiger partial charge in [0.15, 0.2) is 0 Å². The summed E-state index contributed by atoms with van der Waals surface area (Å²) in [5, 5.41) is 3.47. The molecule has 2 bridgehead atoms. The lowest BCUT2D eigenvalue weighted by Gasteiger charge is -2.46.